The molecule has 2 aromatic rings. The number of hydrogen-bond acceptors (Lipinski definition) is 7. The van der Waals surface area contributed by atoms with Crippen LogP contribution in [-0.2, 0) is 33.5 Å². The summed E-state index contributed by atoms with van der Waals surface area (Å²) in [5.74, 6) is 0.486. The number of nitrogens with one attached hydrogen (secondary N) is 3. The summed E-state index contributed by atoms with van der Waals surface area (Å²) in [4.78, 5) is 25.9. The number of carbonyl (C=O) groups excluding carboxylic acids is 2. The molecule has 1 aromatic carbocycles. The van der Waals surface area contributed by atoms with Crippen molar-refractivity contribution < 1.29 is 24.2 Å². The second kappa shape index (κ2) is 11.5. The second-order valence-corrected chi connectivity index (χ2v) is 9.92. The Labute approximate surface area is 203 Å². The van der Waals surface area contributed by atoms with Gasteiger partial charge in [0.05, 0.1) is 0 Å². The van der Waals surface area contributed by atoms with Gasteiger partial charge in [0.2, 0.25) is 5.91 Å². The average Bonchev–Trinajstić information content (AvgIpc) is 3.18. The molecule has 9 heteroatoms. The Bertz CT molecular complexity index is 1030. The van der Waals surface area contributed by atoms with Crippen LogP contribution in [0.4, 0.5) is 9.80 Å². The number of benzene rings is 1. The van der Waals surface area contributed by atoms with E-state index in [0.717, 1.165) is 47.6 Å². The molecule has 8 nitrogen and oxygen atoms in total. The molecule has 0 radical (unpaired) electrons. The maximum atomic E-state index is 12.5. The summed E-state index contributed by atoms with van der Waals surface area (Å²) in [5, 5.41) is 23.9. The fraction of sp³-hybridized carbons (Fsp3) is 0.480. The first kappa shape index (κ1) is 24.2. The van der Waals surface area contributed by atoms with Gasteiger partial charge in [0, 0.05) is 49.3 Å². The van der Waals surface area contributed by atoms with Crippen molar-refractivity contribution in [1.29, 1.82) is 5.41 Å². The van der Waals surface area contributed by atoms with Crippen molar-refractivity contribution in [2.24, 2.45) is 5.92 Å². The summed E-state index contributed by atoms with van der Waals surface area (Å²) < 4.78 is 11.0. The lowest BCUT2D eigenvalue weighted by Gasteiger charge is -2.25. The van der Waals surface area contributed by atoms with Gasteiger partial charge in [0.15, 0.2) is 0 Å². The number of rotatable bonds is 8. The zero-order chi connectivity index (χ0) is 23.9. The smallest absolute Gasteiger partial charge is 0.407 e. The molecular weight excluding hydrogens is 454 g/mol. The van der Waals surface area contributed by atoms with Gasteiger partial charge in [0.25, 0.3) is 0 Å². The lowest BCUT2D eigenvalue weighted by Crippen LogP contribution is -2.36. The quantitative estimate of drug-likeness (QED) is 0.421. The molecule has 2 amide bonds. The number of anilines is 1. The van der Waals surface area contributed by atoms with Gasteiger partial charge in [0.1, 0.15) is 16.9 Å². The van der Waals surface area contributed by atoms with Crippen LogP contribution in [0.5, 0.6) is 5.75 Å². The highest BCUT2D eigenvalue weighted by molar-refractivity contribution is 7.16. The van der Waals surface area contributed by atoms with Crippen LogP contribution in [0.3, 0.4) is 0 Å². The van der Waals surface area contributed by atoms with Gasteiger partial charge in [-0.05, 0) is 61.3 Å². The molecule has 0 spiro atoms. The molecule has 2 aliphatic rings. The molecule has 1 aromatic heterocycles. The predicted octanol–water partition coefficient (Wildman–Crippen LogP) is 4.03. The number of phenols is 1. The normalized spacial score (nSPS) is 18.1. The Morgan fingerprint density at radius 3 is 2.85 bits per heavy atom. The summed E-state index contributed by atoms with van der Waals surface area (Å²) in [6.07, 6.45) is 5.39. The van der Waals surface area contributed by atoms with Gasteiger partial charge in [-0.3, -0.25) is 4.79 Å². The van der Waals surface area contributed by atoms with Crippen LogP contribution in [-0.4, -0.2) is 49.2 Å². The third kappa shape index (κ3) is 6.36. The number of amides is 2. The molecule has 34 heavy (non-hydrogen) atoms. The monoisotopic (exact) mass is 485 g/mol. The summed E-state index contributed by atoms with van der Waals surface area (Å²) in [6, 6.07) is 6.88. The van der Waals surface area contributed by atoms with E-state index in [1.54, 1.807) is 18.2 Å². The highest BCUT2D eigenvalue weighted by atomic mass is 32.1. The number of fused-ring (bicyclic) bond motifs is 1. The van der Waals surface area contributed by atoms with Crippen LogP contribution in [0.15, 0.2) is 24.3 Å². The van der Waals surface area contributed by atoms with E-state index < -0.39 is 0 Å². The van der Waals surface area contributed by atoms with Crippen molar-refractivity contribution in [1.82, 2.24) is 5.32 Å². The van der Waals surface area contributed by atoms with E-state index in [9.17, 15) is 14.7 Å². The minimum absolute atomic E-state index is 0.134. The van der Waals surface area contributed by atoms with Crippen molar-refractivity contribution in [3.63, 3.8) is 0 Å². The second-order valence-electron chi connectivity index (χ2n) is 8.82. The average molecular weight is 486 g/mol. The standard InChI is InChI=1S/C25H31N3O5S/c26-14-21-20-6-5-19(33-25(31)27-15-17-8-10-32-11-9-17)13-22(20)34-24(21)28-23(30)7-4-16-2-1-3-18(29)12-16/h1-3,12,14,17,19,26,29H,4-11,13,15H2,(H,27,31)(H,28,30). The zero-order valence-corrected chi connectivity index (χ0v) is 19.9. The van der Waals surface area contributed by atoms with Crippen molar-refractivity contribution in [3.05, 3.63) is 45.8 Å². The molecule has 1 unspecified atom stereocenters. The van der Waals surface area contributed by atoms with E-state index in [1.165, 1.54) is 17.6 Å². The largest absolute Gasteiger partial charge is 0.508 e. The van der Waals surface area contributed by atoms with Crippen molar-refractivity contribution >= 4 is 34.6 Å². The van der Waals surface area contributed by atoms with Gasteiger partial charge in [-0.25, -0.2) is 4.79 Å². The fourth-order valence-electron chi connectivity index (χ4n) is 4.46. The Kier molecular flexibility index (Phi) is 8.18. The van der Waals surface area contributed by atoms with Gasteiger partial charge >= 0.3 is 6.09 Å². The topological polar surface area (TPSA) is 121 Å². The summed E-state index contributed by atoms with van der Waals surface area (Å²) >= 11 is 1.46. The third-order valence-corrected chi connectivity index (χ3v) is 7.54. The van der Waals surface area contributed by atoms with Crippen LogP contribution >= 0.6 is 11.3 Å². The van der Waals surface area contributed by atoms with Gasteiger partial charge in [-0.1, -0.05) is 12.1 Å². The van der Waals surface area contributed by atoms with E-state index in [2.05, 4.69) is 10.6 Å². The van der Waals surface area contributed by atoms with Crippen molar-refractivity contribution in [2.75, 3.05) is 25.1 Å². The molecule has 1 fully saturated rings. The van der Waals surface area contributed by atoms with Crippen LogP contribution in [0.25, 0.3) is 0 Å². The third-order valence-electron chi connectivity index (χ3n) is 6.36. The van der Waals surface area contributed by atoms with E-state index in [4.69, 9.17) is 14.9 Å². The van der Waals surface area contributed by atoms with E-state index >= 15 is 0 Å². The fourth-order valence-corrected chi connectivity index (χ4v) is 5.76. The lowest BCUT2D eigenvalue weighted by molar-refractivity contribution is -0.116. The minimum Gasteiger partial charge on any atom is -0.508 e. The maximum absolute atomic E-state index is 12.5. The Balaban J connectivity index is 1.30. The van der Waals surface area contributed by atoms with Gasteiger partial charge < -0.3 is 30.6 Å². The number of thiophene rings is 1. The van der Waals surface area contributed by atoms with Crippen molar-refractivity contribution in [2.45, 2.75) is 51.0 Å². The summed E-state index contributed by atoms with van der Waals surface area (Å²) in [6.45, 7) is 2.10. The number of hydrogen-bond donors (Lipinski definition) is 4. The molecule has 4 N–H and O–H groups in total. The van der Waals surface area contributed by atoms with Crippen LogP contribution in [0.2, 0.25) is 0 Å². The first-order chi connectivity index (χ1) is 16.5. The lowest BCUT2D eigenvalue weighted by atomic mass is 9.93. The summed E-state index contributed by atoms with van der Waals surface area (Å²) in [5.41, 5.74) is 2.70. The first-order valence-corrected chi connectivity index (χ1v) is 12.6. The maximum Gasteiger partial charge on any atom is 0.407 e. The number of phenolic OH excluding ortho intramolecular Hbond substituents is 1. The van der Waals surface area contributed by atoms with Gasteiger partial charge in [-0.15, -0.1) is 11.3 Å². The molecule has 4 rings (SSSR count). The number of carbonyl (C=O) groups is 2. The molecular formula is C25H31N3O5S. The molecule has 0 bridgehead atoms. The highest BCUT2D eigenvalue weighted by Crippen LogP contribution is 2.38. The van der Waals surface area contributed by atoms with E-state index in [0.29, 0.717) is 43.1 Å². The molecule has 1 saturated heterocycles. The molecule has 1 aliphatic carbocycles. The summed E-state index contributed by atoms with van der Waals surface area (Å²) in [7, 11) is 0. The van der Waals surface area contributed by atoms with E-state index in [-0.39, 0.29) is 30.3 Å². The Morgan fingerprint density at radius 1 is 1.26 bits per heavy atom. The Hall–Kier alpha value is -2.91. The van der Waals surface area contributed by atoms with Crippen molar-refractivity contribution in [3.8, 4) is 5.75 Å². The number of aromatic hydroxyl groups is 1. The van der Waals surface area contributed by atoms with Crippen LogP contribution in [0.1, 0.15) is 47.3 Å². The van der Waals surface area contributed by atoms with E-state index in [1.807, 2.05) is 6.07 Å². The van der Waals surface area contributed by atoms with Crippen LogP contribution in [0, 0.1) is 11.3 Å². The molecule has 2 heterocycles. The first-order valence-electron chi connectivity index (χ1n) is 11.8. The molecule has 182 valence electrons. The zero-order valence-electron chi connectivity index (χ0n) is 19.1. The molecule has 1 atom stereocenters. The number of alkyl carbamates (subject to hydrolysis) is 1. The minimum atomic E-state index is -0.385. The SMILES string of the molecule is N=Cc1c(NC(=O)CCc2cccc(O)c2)sc2c1CCC(OC(=O)NCC1CCOCC1)C2. The number of ether oxygens (including phenoxy) is 2. The van der Waals surface area contributed by atoms with Gasteiger partial charge in [-0.2, -0.15) is 0 Å². The highest BCUT2D eigenvalue weighted by Gasteiger charge is 2.28. The molecule has 1 aliphatic heterocycles. The predicted molar refractivity (Wildman–Crippen MR) is 131 cm³/mol. The van der Waals surface area contributed by atoms with Crippen LogP contribution < -0.4 is 10.6 Å². The molecule has 0 saturated carbocycles. The Morgan fingerprint density at radius 2 is 2.09 bits per heavy atom. The number of aryl methyl sites for hydroxylation is 1.